The van der Waals surface area contributed by atoms with Crippen LogP contribution < -0.4 is 11.3 Å². The molecule has 13 heavy (non-hydrogen) atoms. The quantitative estimate of drug-likeness (QED) is 0.271. The fraction of sp³-hybridized carbons (Fsp3) is 0.889. The van der Waals surface area contributed by atoms with Gasteiger partial charge in [0.05, 0.1) is 0 Å². The van der Waals surface area contributed by atoms with Crippen molar-refractivity contribution in [1.29, 1.82) is 0 Å². The predicted octanol–water partition coefficient (Wildman–Crippen LogP) is 0.962. The highest BCUT2D eigenvalue weighted by Crippen LogP contribution is 2.03. The molecule has 1 atom stereocenters. The average molecular weight is 188 g/mol. The lowest BCUT2D eigenvalue weighted by molar-refractivity contribution is -0.133. The summed E-state index contributed by atoms with van der Waals surface area (Å²) in [5, 5.41) is 0. The van der Waals surface area contributed by atoms with Gasteiger partial charge in [0.25, 0.3) is 5.91 Å². The van der Waals surface area contributed by atoms with Crippen LogP contribution in [0.25, 0.3) is 0 Å². The Morgan fingerprint density at radius 2 is 2.15 bits per heavy atom. The van der Waals surface area contributed by atoms with Crippen LogP contribution in [0.5, 0.6) is 0 Å². The van der Waals surface area contributed by atoms with Crippen molar-refractivity contribution in [2.45, 2.75) is 45.6 Å². The Bertz CT molecular complexity index is 140. The summed E-state index contributed by atoms with van der Waals surface area (Å²) < 4.78 is 5.38. The molecule has 0 aromatic carbocycles. The van der Waals surface area contributed by atoms with Crippen LogP contribution >= 0.6 is 0 Å². The van der Waals surface area contributed by atoms with E-state index in [1.807, 2.05) is 6.92 Å². The Morgan fingerprint density at radius 1 is 1.46 bits per heavy atom. The summed E-state index contributed by atoms with van der Waals surface area (Å²) in [4.78, 5) is 11.1. The second kappa shape index (κ2) is 8.01. The van der Waals surface area contributed by atoms with Crippen LogP contribution in [0.15, 0.2) is 0 Å². The summed E-state index contributed by atoms with van der Waals surface area (Å²) in [6, 6.07) is 0. The largest absolute Gasteiger partial charge is 0.368 e. The summed E-state index contributed by atoms with van der Waals surface area (Å²) in [6.07, 6.45) is 3.33. The highest BCUT2D eigenvalue weighted by atomic mass is 16.5. The fourth-order valence-corrected chi connectivity index (χ4v) is 1.02. The van der Waals surface area contributed by atoms with Crippen LogP contribution in [0.2, 0.25) is 0 Å². The molecule has 0 fully saturated rings. The molecule has 0 spiro atoms. The summed E-state index contributed by atoms with van der Waals surface area (Å²) in [7, 11) is 0. The third-order valence-corrected chi connectivity index (χ3v) is 1.80. The molecule has 0 aliphatic rings. The van der Waals surface area contributed by atoms with Gasteiger partial charge in [-0.15, -0.1) is 0 Å². The van der Waals surface area contributed by atoms with E-state index in [9.17, 15) is 4.79 Å². The van der Waals surface area contributed by atoms with E-state index in [1.54, 1.807) is 0 Å². The van der Waals surface area contributed by atoms with Crippen LogP contribution in [0.3, 0.4) is 0 Å². The Labute approximate surface area is 79.8 Å². The van der Waals surface area contributed by atoms with Crippen molar-refractivity contribution in [3.63, 3.8) is 0 Å². The number of carbonyl (C=O) groups excluding carboxylic acids is 1. The molecule has 4 nitrogen and oxygen atoms in total. The van der Waals surface area contributed by atoms with Gasteiger partial charge in [0.2, 0.25) is 0 Å². The molecular weight excluding hydrogens is 168 g/mol. The van der Waals surface area contributed by atoms with Crippen LogP contribution in [-0.4, -0.2) is 18.6 Å². The van der Waals surface area contributed by atoms with Gasteiger partial charge in [-0.1, -0.05) is 26.7 Å². The number of ether oxygens (including phenoxy) is 1. The fourth-order valence-electron chi connectivity index (χ4n) is 1.02. The Morgan fingerprint density at radius 3 is 2.62 bits per heavy atom. The van der Waals surface area contributed by atoms with E-state index in [2.05, 4.69) is 12.3 Å². The normalized spacial score (nSPS) is 12.5. The smallest absolute Gasteiger partial charge is 0.262 e. The molecule has 0 aromatic heterocycles. The number of nitrogens with one attached hydrogen (secondary N) is 1. The highest BCUT2D eigenvalue weighted by molar-refractivity contribution is 5.80. The lowest BCUT2D eigenvalue weighted by atomic mass is 10.2. The van der Waals surface area contributed by atoms with Crippen molar-refractivity contribution >= 4 is 5.91 Å². The monoisotopic (exact) mass is 188 g/mol. The molecule has 1 unspecified atom stereocenters. The molecule has 0 radical (unpaired) electrons. The predicted molar refractivity (Wildman–Crippen MR) is 51.9 cm³/mol. The molecule has 4 heteroatoms. The number of nitrogens with two attached hydrogens (primary N) is 1. The molecule has 78 valence electrons. The number of carbonyl (C=O) groups is 1. The van der Waals surface area contributed by atoms with Gasteiger partial charge in [0, 0.05) is 6.61 Å². The lowest BCUT2D eigenvalue weighted by Crippen LogP contribution is -2.40. The van der Waals surface area contributed by atoms with Gasteiger partial charge in [0.15, 0.2) is 0 Å². The van der Waals surface area contributed by atoms with Gasteiger partial charge in [-0.25, -0.2) is 5.84 Å². The van der Waals surface area contributed by atoms with Gasteiger partial charge in [-0.3, -0.25) is 10.2 Å². The zero-order chi connectivity index (χ0) is 10.1. The van der Waals surface area contributed by atoms with Gasteiger partial charge in [-0.2, -0.15) is 0 Å². The van der Waals surface area contributed by atoms with Gasteiger partial charge in [-0.05, 0) is 12.8 Å². The second-order valence-corrected chi connectivity index (χ2v) is 3.01. The first-order chi connectivity index (χ1) is 6.26. The molecule has 0 aromatic rings. The summed E-state index contributed by atoms with van der Waals surface area (Å²) >= 11 is 0. The number of hydrogen-bond donors (Lipinski definition) is 2. The van der Waals surface area contributed by atoms with E-state index in [0.29, 0.717) is 6.61 Å². The summed E-state index contributed by atoms with van der Waals surface area (Å²) in [5.41, 5.74) is 2.11. The molecule has 0 saturated carbocycles. The maximum absolute atomic E-state index is 11.1. The number of hydrazine groups is 1. The molecule has 0 rings (SSSR count). The molecule has 1 amide bonds. The summed E-state index contributed by atoms with van der Waals surface area (Å²) in [5.74, 6) is 4.80. The van der Waals surface area contributed by atoms with Crippen LogP contribution in [0.4, 0.5) is 0 Å². The van der Waals surface area contributed by atoms with E-state index >= 15 is 0 Å². The van der Waals surface area contributed by atoms with Crippen LogP contribution in [-0.2, 0) is 9.53 Å². The van der Waals surface area contributed by atoms with Crippen molar-refractivity contribution in [1.82, 2.24) is 5.43 Å². The van der Waals surface area contributed by atoms with Gasteiger partial charge in [0.1, 0.15) is 6.10 Å². The Balaban J connectivity index is 3.73. The number of rotatable bonds is 7. The Kier molecular flexibility index (Phi) is 7.63. The molecular formula is C9H20N2O2. The van der Waals surface area contributed by atoms with Crippen molar-refractivity contribution in [3.05, 3.63) is 0 Å². The molecule has 0 bridgehead atoms. The van der Waals surface area contributed by atoms with Crippen molar-refractivity contribution < 1.29 is 9.53 Å². The van der Waals surface area contributed by atoms with E-state index in [4.69, 9.17) is 10.6 Å². The molecule has 0 aliphatic carbocycles. The minimum atomic E-state index is -0.374. The lowest BCUT2D eigenvalue weighted by Gasteiger charge is -2.14. The minimum absolute atomic E-state index is 0.224. The third-order valence-electron chi connectivity index (χ3n) is 1.80. The molecule has 3 N–H and O–H groups in total. The van der Waals surface area contributed by atoms with E-state index in [0.717, 1.165) is 25.7 Å². The zero-order valence-corrected chi connectivity index (χ0v) is 8.51. The third kappa shape index (κ3) is 5.60. The second-order valence-electron chi connectivity index (χ2n) is 3.01. The first-order valence-electron chi connectivity index (χ1n) is 4.88. The molecule has 0 saturated heterocycles. The van der Waals surface area contributed by atoms with Crippen molar-refractivity contribution in [2.75, 3.05) is 6.61 Å². The first-order valence-corrected chi connectivity index (χ1v) is 4.88. The molecule has 0 heterocycles. The average Bonchev–Trinajstić information content (AvgIpc) is 2.16. The molecule has 0 aliphatic heterocycles. The highest BCUT2D eigenvalue weighted by Gasteiger charge is 2.16. The van der Waals surface area contributed by atoms with Crippen molar-refractivity contribution in [2.24, 2.45) is 5.84 Å². The van der Waals surface area contributed by atoms with Crippen LogP contribution in [0, 0.1) is 0 Å². The van der Waals surface area contributed by atoms with Crippen molar-refractivity contribution in [3.8, 4) is 0 Å². The van der Waals surface area contributed by atoms with E-state index in [-0.39, 0.29) is 12.0 Å². The number of unbranched alkanes of at least 4 members (excludes halogenated alkanes) is 1. The summed E-state index contributed by atoms with van der Waals surface area (Å²) in [6.45, 7) is 4.73. The topological polar surface area (TPSA) is 64.3 Å². The SMILES string of the molecule is CCCCOC(CCC)C(=O)NN. The Hall–Kier alpha value is -0.610. The minimum Gasteiger partial charge on any atom is -0.368 e. The van der Waals surface area contributed by atoms with E-state index < -0.39 is 0 Å². The maximum atomic E-state index is 11.1. The maximum Gasteiger partial charge on any atom is 0.262 e. The zero-order valence-electron chi connectivity index (χ0n) is 8.51. The van der Waals surface area contributed by atoms with Gasteiger partial charge >= 0.3 is 0 Å². The number of hydrogen-bond acceptors (Lipinski definition) is 3. The standard InChI is InChI=1S/C9H20N2O2/c1-3-5-7-13-8(6-4-2)9(12)11-10/h8H,3-7,10H2,1-2H3,(H,11,12). The van der Waals surface area contributed by atoms with E-state index in [1.165, 1.54) is 0 Å². The first kappa shape index (κ1) is 12.4. The van der Waals surface area contributed by atoms with Crippen LogP contribution in [0.1, 0.15) is 39.5 Å². The van der Waals surface area contributed by atoms with Gasteiger partial charge < -0.3 is 4.74 Å². The number of amides is 1.